The summed E-state index contributed by atoms with van der Waals surface area (Å²) in [6, 6.07) is 24.7. The Morgan fingerprint density at radius 2 is 1.39 bits per heavy atom. The van der Waals surface area contributed by atoms with Gasteiger partial charge in [-0.15, -0.1) is 0 Å². The van der Waals surface area contributed by atoms with E-state index < -0.39 is 34.5 Å². The zero-order valence-corrected chi connectivity index (χ0v) is 50.0. The van der Waals surface area contributed by atoms with E-state index >= 15 is 0 Å². The number of anilines is 1. The predicted octanol–water partition coefficient (Wildman–Crippen LogP) is 6.21. The Labute approximate surface area is 485 Å². The van der Waals surface area contributed by atoms with Gasteiger partial charge in [-0.2, -0.15) is 23.0 Å². The number of nitrogens with zero attached hydrogens (tertiary/aromatic N) is 4. The zero-order valence-electron chi connectivity index (χ0n) is 47.5. The molecule has 3 heterocycles. The van der Waals surface area contributed by atoms with Crippen molar-refractivity contribution in [1.29, 1.82) is 0 Å². The van der Waals surface area contributed by atoms with Crippen molar-refractivity contribution in [2.24, 2.45) is 5.14 Å². The smallest absolute Gasteiger partial charge is 0.295 e. The van der Waals surface area contributed by atoms with Crippen LogP contribution in [-0.2, 0) is 55.1 Å². The number of para-hydroxylation sites is 1. The van der Waals surface area contributed by atoms with Crippen molar-refractivity contribution < 1.29 is 63.4 Å². The highest BCUT2D eigenvalue weighted by Crippen LogP contribution is 2.46. The molecule has 8 N–H and O–H groups in total. The molecular weight excluding hydrogens is 1130 g/mol. The molecule has 1 aliphatic carbocycles. The van der Waals surface area contributed by atoms with Gasteiger partial charge < -0.3 is 38.9 Å². The van der Waals surface area contributed by atoms with Gasteiger partial charge >= 0.3 is 0 Å². The number of nitrogens with one attached hydrogen (secondary N) is 3. The number of fused-ring (bicyclic) bond motifs is 2. The molecule has 2 aliphatic heterocycles. The number of benzene rings is 4. The molecule has 3 aliphatic rings. The largest absolute Gasteiger partial charge is 0.454 e. The van der Waals surface area contributed by atoms with Crippen LogP contribution in [0.25, 0.3) is 50.4 Å². The van der Waals surface area contributed by atoms with Gasteiger partial charge in [0.2, 0.25) is 27.2 Å². The highest BCUT2D eigenvalue weighted by Gasteiger charge is 2.28. The lowest BCUT2D eigenvalue weighted by Crippen LogP contribution is -2.35. The van der Waals surface area contributed by atoms with E-state index in [1.165, 1.54) is 35.1 Å². The van der Waals surface area contributed by atoms with Crippen LogP contribution in [0.3, 0.4) is 0 Å². The molecule has 83 heavy (non-hydrogen) atoms. The van der Waals surface area contributed by atoms with Crippen molar-refractivity contribution in [3.8, 4) is 33.7 Å². The molecule has 0 bridgehead atoms. The van der Waals surface area contributed by atoms with Gasteiger partial charge in [0.1, 0.15) is 23.7 Å². The normalized spacial score (nSPS) is 14.4. The van der Waals surface area contributed by atoms with Crippen LogP contribution < -0.4 is 35.3 Å². The van der Waals surface area contributed by atoms with E-state index in [9.17, 15) is 40.1 Å². The molecule has 0 saturated heterocycles. The Bertz CT molecular complexity index is 3640. The van der Waals surface area contributed by atoms with Crippen LogP contribution in [0.15, 0.2) is 117 Å². The van der Waals surface area contributed by atoms with Crippen LogP contribution in [0.2, 0.25) is 0 Å². The highest BCUT2D eigenvalue weighted by atomic mass is 32.3. The number of nitrogens with two attached hydrogens (primary N) is 1. The van der Waals surface area contributed by atoms with E-state index in [0.29, 0.717) is 58.8 Å². The SMILES string of the molecule is CCN(CC)c1cccc2c(-c3ccc(S(=O)(=O)NCCOCCOCCOCCOCCC(=O)NCCNC(=O)CCc4cc(-c5ccc(C)cc5)n(C5=CC=S(N)(O)(O)C=C5)n4)cc3S(=O)(=O)O)c3ccc(=[N+](CC)CC)cc-3oc12. The second-order valence-electron chi connectivity index (χ2n) is 19.5. The van der Waals surface area contributed by atoms with Crippen molar-refractivity contribution in [3.63, 3.8) is 0 Å². The quantitative estimate of drug-likeness (QED) is 0.00812. The van der Waals surface area contributed by atoms with Crippen molar-refractivity contribution in [3.05, 3.63) is 119 Å². The van der Waals surface area contributed by atoms with Crippen LogP contribution in [0.1, 0.15) is 51.8 Å². The Morgan fingerprint density at radius 1 is 0.759 bits per heavy atom. The minimum atomic E-state index is -4.97. The van der Waals surface area contributed by atoms with Gasteiger partial charge in [-0.05, 0) is 77.1 Å². The molecule has 7 rings (SSSR count). The van der Waals surface area contributed by atoms with Crippen molar-refractivity contribution in [2.75, 3.05) is 104 Å². The van der Waals surface area contributed by atoms with Gasteiger partial charge in [0, 0.05) is 96.5 Å². The Kier molecular flexibility index (Phi) is 22.3. The van der Waals surface area contributed by atoms with Crippen LogP contribution in [0.4, 0.5) is 5.69 Å². The van der Waals surface area contributed by atoms with Gasteiger partial charge in [-0.1, -0.05) is 48.0 Å². The van der Waals surface area contributed by atoms with E-state index in [1.54, 1.807) is 4.68 Å². The first-order valence-corrected chi connectivity index (χ1v) is 32.6. The molecular formula is C58H77N8O14S3+. The number of rotatable bonds is 32. The molecule has 2 amide bonds. The average Bonchev–Trinajstić information content (AvgIpc) is 2.01. The molecule has 4 aromatic rings. The summed E-state index contributed by atoms with van der Waals surface area (Å²) < 4.78 is 120. The second-order valence-corrected chi connectivity index (χ2v) is 25.5. The summed E-state index contributed by atoms with van der Waals surface area (Å²) in [5, 5.41) is 19.8. The van der Waals surface area contributed by atoms with Crippen LogP contribution in [0, 0.1) is 6.92 Å². The van der Waals surface area contributed by atoms with E-state index in [0.717, 1.165) is 47.0 Å². The molecule has 22 nitrogen and oxygen atoms in total. The Hall–Kier alpha value is -6.46. The molecule has 0 fully saturated rings. The van der Waals surface area contributed by atoms with E-state index in [-0.39, 0.29) is 108 Å². The number of carbonyl (C=O) groups is 2. The van der Waals surface area contributed by atoms with Crippen LogP contribution >= 0.6 is 9.50 Å². The number of ether oxygens (including phenoxy) is 4. The lowest BCUT2D eigenvalue weighted by atomic mass is 9.93. The number of aryl methyl sites for hydroxylation is 2. The fraction of sp³-hybridized carbons (Fsp3) is 0.397. The highest BCUT2D eigenvalue weighted by molar-refractivity contribution is 8.39. The number of allylic oxidation sites excluding steroid dienone is 3. The van der Waals surface area contributed by atoms with Crippen molar-refractivity contribution in [1.82, 2.24) is 29.7 Å². The first kappa shape index (κ1) is 64.1. The summed E-state index contributed by atoms with van der Waals surface area (Å²) in [7, 11) is -13.5. The standard InChI is InChI=1S/C58H76N8O14S3/c1-6-64(7-2)46-18-20-48-53(40-46)80-58-50(11-10-12-51(58)65(8-3)9-4)57(48)49-21-19-47(41-54(49)82(71,72)73)81(69,70)62-28-30-77-32-34-79-36-35-78-33-31-76-29-23-56(68)61-27-26-60-55(67)22-17-44-39-52(43-15-13-42(5)14-16-43)66(63-44)45-24-37-83(59,74,75)38-25-45/h10-16,18-21,24-25,37-41,62H,6-9,17,22-23,26-36,59H2,1-5H3,(H4-,60,61,67,68,71,72,73,74,75)/p+1. The topological polar surface area (TPSA) is 299 Å². The Balaban J connectivity index is 0.768. The molecule has 25 heteroatoms. The maximum Gasteiger partial charge on any atom is 0.295 e. The molecule has 450 valence electrons. The third-order valence-electron chi connectivity index (χ3n) is 13.6. The lowest BCUT2D eigenvalue weighted by molar-refractivity contribution is -0.123. The summed E-state index contributed by atoms with van der Waals surface area (Å²) >= 11 is 0. The van der Waals surface area contributed by atoms with Crippen molar-refractivity contribution in [2.45, 2.75) is 63.7 Å². The molecule has 0 unspecified atom stereocenters. The van der Waals surface area contributed by atoms with Crippen LogP contribution in [-0.4, -0.2) is 156 Å². The van der Waals surface area contributed by atoms with E-state index in [2.05, 4.69) is 24.8 Å². The number of hydrogen-bond acceptors (Lipinski definition) is 16. The average molecular weight is 1210 g/mol. The molecule has 0 spiro atoms. The van der Waals surface area contributed by atoms with Gasteiger partial charge in [-0.25, -0.2) is 27.5 Å². The van der Waals surface area contributed by atoms with E-state index in [4.69, 9.17) is 33.6 Å². The fourth-order valence-corrected chi connectivity index (χ4v) is 12.0. The predicted molar refractivity (Wildman–Crippen MR) is 324 cm³/mol. The summed E-state index contributed by atoms with van der Waals surface area (Å²) in [5.41, 5.74) is 6.44. The number of hydrogen-bond donors (Lipinski definition) is 7. The third kappa shape index (κ3) is 17.6. The monoisotopic (exact) mass is 1210 g/mol. The number of amides is 2. The summed E-state index contributed by atoms with van der Waals surface area (Å²) in [4.78, 5) is 26.2. The van der Waals surface area contributed by atoms with Gasteiger partial charge in [-0.3, -0.25) is 23.2 Å². The van der Waals surface area contributed by atoms with E-state index in [1.807, 2.05) is 101 Å². The van der Waals surface area contributed by atoms with Crippen molar-refractivity contribution >= 4 is 69.2 Å². The van der Waals surface area contributed by atoms with Gasteiger partial charge in [0.05, 0.1) is 86.6 Å². The third-order valence-corrected chi connectivity index (χ3v) is 17.4. The van der Waals surface area contributed by atoms with Gasteiger partial charge in [0.15, 0.2) is 5.58 Å². The Morgan fingerprint density at radius 3 is 2.00 bits per heavy atom. The fourth-order valence-electron chi connectivity index (χ4n) is 9.28. The number of aromatic nitrogens is 2. The lowest BCUT2D eigenvalue weighted by Gasteiger charge is -2.38. The second kappa shape index (κ2) is 28.9. The minimum absolute atomic E-state index is 0.00707. The maximum atomic E-state index is 13.5. The summed E-state index contributed by atoms with van der Waals surface area (Å²) in [5.74, 6) is 0.0506. The summed E-state index contributed by atoms with van der Waals surface area (Å²) in [6.45, 7) is 15.0. The van der Waals surface area contributed by atoms with Crippen LogP contribution in [0.5, 0.6) is 0 Å². The molecule has 0 saturated carbocycles. The minimum Gasteiger partial charge on any atom is -0.454 e. The number of sulfonamides is 1. The first-order valence-electron chi connectivity index (χ1n) is 27.6. The van der Waals surface area contributed by atoms with Gasteiger partial charge in [0.25, 0.3) is 10.1 Å². The maximum absolute atomic E-state index is 13.5. The zero-order chi connectivity index (χ0) is 59.8. The first-order chi connectivity index (χ1) is 39.6. The molecule has 0 radical (unpaired) electrons. The number of carbonyl (C=O) groups excluding carboxylic acids is 2. The molecule has 1 aromatic heterocycles. The summed E-state index contributed by atoms with van der Waals surface area (Å²) in [6.07, 6.45) is 3.65. The molecule has 0 atom stereocenters. The molecule has 3 aromatic carbocycles.